The Labute approximate surface area is 109 Å². The minimum absolute atomic E-state index is 0.00909. The summed E-state index contributed by atoms with van der Waals surface area (Å²) < 4.78 is 5.61. The van der Waals surface area contributed by atoms with Crippen molar-refractivity contribution in [3.63, 3.8) is 0 Å². The molecule has 1 aromatic rings. The summed E-state index contributed by atoms with van der Waals surface area (Å²) in [6.07, 6.45) is 0.362. The van der Waals surface area contributed by atoms with E-state index in [1.165, 1.54) is 0 Å². The summed E-state index contributed by atoms with van der Waals surface area (Å²) in [5, 5.41) is 2.83. The summed E-state index contributed by atoms with van der Waals surface area (Å²) in [5.74, 6) is 0.800. The van der Waals surface area contributed by atoms with Crippen molar-refractivity contribution in [2.45, 2.75) is 40.2 Å². The fourth-order valence-electron chi connectivity index (χ4n) is 1.62. The van der Waals surface area contributed by atoms with Crippen LogP contribution in [0.1, 0.15) is 31.4 Å². The normalized spacial score (nSPS) is 10.5. The van der Waals surface area contributed by atoms with Gasteiger partial charge in [-0.2, -0.15) is 0 Å². The molecule has 0 saturated heterocycles. The van der Waals surface area contributed by atoms with Gasteiger partial charge in [-0.15, -0.1) is 0 Å². The van der Waals surface area contributed by atoms with Gasteiger partial charge in [-0.1, -0.05) is 0 Å². The number of ether oxygens (including phenoxy) is 1. The highest BCUT2D eigenvalue weighted by Crippen LogP contribution is 2.24. The van der Waals surface area contributed by atoms with Crippen molar-refractivity contribution in [3.05, 3.63) is 23.3 Å². The minimum atomic E-state index is 0.00909. The number of hydrogen-bond donors (Lipinski definition) is 2. The maximum atomic E-state index is 11.4. The first kappa shape index (κ1) is 14.4. The Kier molecular flexibility index (Phi) is 5.01. The summed E-state index contributed by atoms with van der Waals surface area (Å²) in [4.78, 5) is 11.4. The second kappa shape index (κ2) is 6.28. The average molecular weight is 250 g/mol. The molecule has 0 bridgehead atoms. The first-order chi connectivity index (χ1) is 8.40. The highest BCUT2D eigenvalue weighted by molar-refractivity contribution is 5.76. The van der Waals surface area contributed by atoms with E-state index in [9.17, 15) is 4.79 Å². The van der Waals surface area contributed by atoms with Crippen LogP contribution in [0.5, 0.6) is 5.75 Å². The molecule has 4 nitrogen and oxygen atoms in total. The molecule has 0 saturated carbocycles. The van der Waals surface area contributed by atoms with Crippen LogP contribution in [0, 0.1) is 13.8 Å². The number of nitrogens with two attached hydrogens (primary N) is 1. The SMILES string of the molecule is Cc1cc(OCCC(=O)NC(C)C)c(C)cc1N. The number of aryl methyl sites for hydroxylation is 2. The summed E-state index contributed by atoms with van der Waals surface area (Å²) >= 11 is 0. The molecule has 0 spiro atoms. The predicted octanol–water partition coefficient (Wildman–Crippen LogP) is 2.18. The molecule has 0 aliphatic rings. The van der Waals surface area contributed by atoms with Crippen molar-refractivity contribution < 1.29 is 9.53 Å². The van der Waals surface area contributed by atoms with Crippen LogP contribution in [-0.4, -0.2) is 18.6 Å². The van der Waals surface area contributed by atoms with Crippen molar-refractivity contribution >= 4 is 11.6 Å². The second-order valence-electron chi connectivity index (χ2n) is 4.79. The molecular weight excluding hydrogens is 228 g/mol. The summed E-state index contributed by atoms with van der Waals surface area (Å²) in [6.45, 7) is 8.13. The maximum absolute atomic E-state index is 11.4. The van der Waals surface area contributed by atoms with Gasteiger partial charge in [-0.3, -0.25) is 4.79 Å². The Morgan fingerprint density at radius 3 is 2.61 bits per heavy atom. The fraction of sp³-hybridized carbons (Fsp3) is 0.500. The predicted molar refractivity (Wildman–Crippen MR) is 73.7 cm³/mol. The molecule has 0 unspecified atom stereocenters. The molecule has 18 heavy (non-hydrogen) atoms. The highest BCUT2D eigenvalue weighted by Gasteiger charge is 2.06. The van der Waals surface area contributed by atoms with Crippen LogP contribution in [0.2, 0.25) is 0 Å². The molecule has 0 radical (unpaired) electrons. The zero-order valence-electron chi connectivity index (χ0n) is 11.5. The number of carbonyl (C=O) groups is 1. The van der Waals surface area contributed by atoms with Gasteiger partial charge in [0.05, 0.1) is 13.0 Å². The molecule has 0 fully saturated rings. The third-order valence-electron chi connectivity index (χ3n) is 2.60. The van der Waals surface area contributed by atoms with Crippen LogP contribution in [0.25, 0.3) is 0 Å². The van der Waals surface area contributed by atoms with Crippen molar-refractivity contribution in [1.82, 2.24) is 5.32 Å². The van der Waals surface area contributed by atoms with E-state index in [1.807, 2.05) is 39.8 Å². The maximum Gasteiger partial charge on any atom is 0.223 e. The van der Waals surface area contributed by atoms with Crippen molar-refractivity contribution in [2.24, 2.45) is 0 Å². The fourth-order valence-corrected chi connectivity index (χ4v) is 1.62. The van der Waals surface area contributed by atoms with Crippen molar-refractivity contribution in [1.29, 1.82) is 0 Å². The quantitative estimate of drug-likeness (QED) is 0.787. The summed E-state index contributed by atoms with van der Waals surface area (Å²) in [6, 6.07) is 3.96. The third kappa shape index (κ3) is 4.28. The molecule has 4 heteroatoms. The lowest BCUT2D eigenvalue weighted by molar-refractivity contribution is -0.122. The van der Waals surface area contributed by atoms with Crippen molar-refractivity contribution in [2.75, 3.05) is 12.3 Å². The van der Waals surface area contributed by atoms with E-state index in [1.54, 1.807) is 0 Å². The molecule has 0 aliphatic carbocycles. The largest absolute Gasteiger partial charge is 0.493 e. The van der Waals surface area contributed by atoms with Gasteiger partial charge in [-0.05, 0) is 51.0 Å². The zero-order chi connectivity index (χ0) is 13.7. The molecule has 0 heterocycles. The molecule has 0 aliphatic heterocycles. The number of carbonyl (C=O) groups excluding carboxylic acids is 1. The topological polar surface area (TPSA) is 64.3 Å². The van der Waals surface area contributed by atoms with Gasteiger partial charge in [-0.25, -0.2) is 0 Å². The monoisotopic (exact) mass is 250 g/mol. The Balaban J connectivity index is 2.49. The smallest absolute Gasteiger partial charge is 0.223 e. The number of anilines is 1. The average Bonchev–Trinajstić information content (AvgIpc) is 2.24. The highest BCUT2D eigenvalue weighted by atomic mass is 16.5. The first-order valence-electron chi connectivity index (χ1n) is 6.19. The lowest BCUT2D eigenvalue weighted by atomic mass is 10.1. The molecule has 3 N–H and O–H groups in total. The standard InChI is InChI=1S/C14H22N2O2/c1-9(2)16-14(17)5-6-18-13-8-10(3)12(15)7-11(13)4/h7-9H,5-6,15H2,1-4H3,(H,16,17). The molecule has 1 amide bonds. The Hall–Kier alpha value is -1.71. The Morgan fingerprint density at radius 2 is 2.00 bits per heavy atom. The van der Waals surface area contributed by atoms with Crippen LogP contribution in [0.3, 0.4) is 0 Å². The van der Waals surface area contributed by atoms with Gasteiger partial charge in [0.15, 0.2) is 0 Å². The lowest BCUT2D eigenvalue weighted by Crippen LogP contribution is -2.31. The Bertz CT molecular complexity index is 428. The molecule has 1 aromatic carbocycles. The van der Waals surface area contributed by atoms with Crippen molar-refractivity contribution in [3.8, 4) is 5.75 Å². The van der Waals surface area contributed by atoms with Gasteiger partial charge in [0.1, 0.15) is 5.75 Å². The van der Waals surface area contributed by atoms with Crippen LogP contribution in [0.4, 0.5) is 5.69 Å². The van der Waals surface area contributed by atoms with E-state index < -0.39 is 0 Å². The number of nitrogen functional groups attached to an aromatic ring is 1. The van der Waals surface area contributed by atoms with E-state index in [0.717, 1.165) is 22.6 Å². The lowest BCUT2D eigenvalue weighted by Gasteiger charge is -2.12. The number of nitrogens with one attached hydrogen (secondary N) is 1. The van der Waals surface area contributed by atoms with Gasteiger partial charge >= 0.3 is 0 Å². The molecule has 0 aromatic heterocycles. The first-order valence-corrected chi connectivity index (χ1v) is 6.19. The van der Waals surface area contributed by atoms with Gasteiger partial charge in [0.2, 0.25) is 5.91 Å². The number of rotatable bonds is 5. The number of amides is 1. The van der Waals surface area contributed by atoms with Crippen LogP contribution < -0.4 is 15.8 Å². The Morgan fingerprint density at radius 1 is 1.33 bits per heavy atom. The van der Waals surface area contributed by atoms with Crippen LogP contribution in [0.15, 0.2) is 12.1 Å². The molecule has 0 atom stereocenters. The molecular formula is C14H22N2O2. The van der Waals surface area contributed by atoms with Crippen LogP contribution in [-0.2, 0) is 4.79 Å². The van der Waals surface area contributed by atoms with Gasteiger partial charge in [0, 0.05) is 11.7 Å². The second-order valence-corrected chi connectivity index (χ2v) is 4.79. The van der Waals surface area contributed by atoms with Gasteiger partial charge < -0.3 is 15.8 Å². The number of hydrogen-bond acceptors (Lipinski definition) is 3. The van der Waals surface area contributed by atoms with E-state index in [2.05, 4.69) is 5.32 Å². The van der Waals surface area contributed by atoms with Gasteiger partial charge in [0.25, 0.3) is 0 Å². The molecule has 1 rings (SSSR count). The van der Waals surface area contributed by atoms with E-state index in [4.69, 9.17) is 10.5 Å². The van der Waals surface area contributed by atoms with Crippen LogP contribution >= 0.6 is 0 Å². The summed E-state index contributed by atoms with van der Waals surface area (Å²) in [7, 11) is 0. The summed E-state index contributed by atoms with van der Waals surface area (Å²) in [5.41, 5.74) is 8.54. The van der Waals surface area contributed by atoms with E-state index >= 15 is 0 Å². The zero-order valence-corrected chi connectivity index (χ0v) is 11.5. The van der Waals surface area contributed by atoms with E-state index in [-0.39, 0.29) is 11.9 Å². The third-order valence-corrected chi connectivity index (χ3v) is 2.60. The van der Waals surface area contributed by atoms with E-state index in [0.29, 0.717) is 13.0 Å². The minimum Gasteiger partial charge on any atom is -0.493 e. The molecule has 100 valence electrons. The number of benzene rings is 1.